The van der Waals surface area contributed by atoms with Gasteiger partial charge in [-0.25, -0.2) is 5.01 Å². The number of ketones is 1. The number of amides is 4. The third kappa shape index (κ3) is 17.9. The summed E-state index contributed by atoms with van der Waals surface area (Å²) in [7, 11) is 3.67. The lowest BCUT2D eigenvalue weighted by atomic mass is 9.94. The van der Waals surface area contributed by atoms with Gasteiger partial charge in [0, 0.05) is 71.9 Å². The number of carbonyl (C=O) groups is 8. The van der Waals surface area contributed by atoms with E-state index in [9.17, 15) is 38.4 Å². The molecule has 1 saturated heterocycles. The molecule has 1 aliphatic heterocycles. The van der Waals surface area contributed by atoms with Crippen LogP contribution in [0, 0.1) is 0 Å². The molecular weight excluding hydrogens is 814 g/mol. The van der Waals surface area contributed by atoms with Crippen molar-refractivity contribution >= 4 is 58.2 Å². The monoisotopic (exact) mass is 877 g/mol. The predicted molar refractivity (Wildman–Crippen MR) is 222 cm³/mol. The quantitative estimate of drug-likeness (QED) is 0.0381. The Morgan fingerprint density at radius 1 is 0.823 bits per heavy atom. The van der Waals surface area contributed by atoms with E-state index in [0.717, 1.165) is 44.3 Å². The standard InChI is InChI=1S/C40H59N7O14.CH4/c1-24(48)13-16-56-18-19-57-17-14-42-39(55)31(44-34(53)12-15-47-30(22-46(7)41-6)20-29-10-8-9-11-32(29)47)21-35(54)45-40-36(43-25(2)49)38(60-28(5)52)37(59-27(4)51)33(61-40)23-58-26(3)50;/h8-11,20,31,33,36-38,40-41H,12-19,21-23H2,1-7H3,(H,42,55)(H,43,49)(H,44,53)(H,45,54);1H4/t31-,33-,36-,37-,38-,40-;/m0./s1. The first-order valence-electron chi connectivity index (χ1n) is 19.9. The number of ether oxygens (including phenoxy) is 6. The minimum absolute atomic E-state index is 0. The Labute approximate surface area is 361 Å². The van der Waals surface area contributed by atoms with Crippen molar-refractivity contribution in [3.05, 3.63) is 36.0 Å². The van der Waals surface area contributed by atoms with Crippen LogP contribution in [0.25, 0.3) is 10.9 Å². The van der Waals surface area contributed by atoms with Crippen LogP contribution < -0.4 is 26.7 Å². The predicted octanol–water partition coefficient (Wildman–Crippen LogP) is 0.00940. The Kier molecular flexibility index (Phi) is 22.7. The molecule has 0 unspecified atom stereocenters. The highest BCUT2D eigenvalue weighted by atomic mass is 16.6. The maximum absolute atomic E-state index is 13.8. The van der Waals surface area contributed by atoms with Gasteiger partial charge in [-0.05, 0) is 31.5 Å². The summed E-state index contributed by atoms with van der Waals surface area (Å²) in [5, 5.41) is 13.3. The number of benzene rings is 1. The van der Waals surface area contributed by atoms with Crippen molar-refractivity contribution in [2.24, 2.45) is 0 Å². The second kappa shape index (κ2) is 26.8. The van der Waals surface area contributed by atoms with Crippen molar-refractivity contribution in [2.75, 3.05) is 53.7 Å². The number of esters is 3. The van der Waals surface area contributed by atoms with Crippen LogP contribution in [-0.4, -0.2) is 147 Å². The maximum atomic E-state index is 13.8. The number of nitrogens with zero attached hydrogens (tertiary/aromatic N) is 2. The third-order valence-corrected chi connectivity index (χ3v) is 9.22. The zero-order valence-electron chi connectivity index (χ0n) is 35.7. The van der Waals surface area contributed by atoms with Crippen molar-refractivity contribution in [1.29, 1.82) is 0 Å². The molecule has 0 spiro atoms. The lowest BCUT2D eigenvalue weighted by Crippen LogP contribution is -2.69. The lowest BCUT2D eigenvalue weighted by Gasteiger charge is -2.45. The van der Waals surface area contributed by atoms with E-state index in [1.807, 2.05) is 47.0 Å². The number of carbonyl (C=O) groups excluding carboxylic acids is 8. The maximum Gasteiger partial charge on any atom is 0.303 e. The van der Waals surface area contributed by atoms with Gasteiger partial charge >= 0.3 is 17.9 Å². The average molecular weight is 878 g/mol. The summed E-state index contributed by atoms with van der Waals surface area (Å²) in [6, 6.07) is 6.98. The van der Waals surface area contributed by atoms with Gasteiger partial charge < -0.3 is 54.3 Å². The molecule has 2 aromatic rings. The zero-order valence-corrected chi connectivity index (χ0v) is 35.7. The number of para-hydroxylation sites is 1. The smallest absolute Gasteiger partial charge is 0.303 e. The second-order valence-electron chi connectivity index (χ2n) is 14.3. The zero-order chi connectivity index (χ0) is 45.1. The average Bonchev–Trinajstić information content (AvgIpc) is 3.53. The Balaban J connectivity index is 0.0000132. The molecule has 6 atom stereocenters. The fourth-order valence-electron chi connectivity index (χ4n) is 6.44. The molecule has 1 aromatic carbocycles. The van der Waals surface area contributed by atoms with Crippen LogP contribution in [0.4, 0.5) is 0 Å². The topological polar surface area (TPSA) is 260 Å². The number of Topliss-reactive ketones (excluding diaryl/α,β-unsaturated/α-hetero) is 1. The van der Waals surface area contributed by atoms with Gasteiger partial charge in [0.1, 0.15) is 30.6 Å². The lowest BCUT2D eigenvalue weighted by molar-refractivity contribution is -0.228. The van der Waals surface area contributed by atoms with Crippen molar-refractivity contribution in [3.8, 4) is 0 Å². The normalized spacial score (nSPS) is 18.7. The highest BCUT2D eigenvalue weighted by molar-refractivity contribution is 5.92. The molecule has 21 heteroatoms. The van der Waals surface area contributed by atoms with Crippen molar-refractivity contribution in [2.45, 2.75) is 111 Å². The summed E-state index contributed by atoms with van der Waals surface area (Å²) in [5.74, 6) is -5.06. The van der Waals surface area contributed by atoms with E-state index < -0.39 is 91.2 Å². The molecule has 0 aliphatic carbocycles. The Morgan fingerprint density at radius 3 is 2.11 bits per heavy atom. The van der Waals surface area contributed by atoms with Gasteiger partial charge in [-0.3, -0.25) is 43.8 Å². The summed E-state index contributed by atoms with van der Waals surface area (Å²) < 4.78 is 34.9. The van der Waals surface area contributed by atoms with Crippen LogP contribution in [0.2, 0.25) is 0 Å². The number of hydrogen-bond acceptors (Lipinski definition) is 16. The van der Waals surface area contributed by atoms with Gasteiger partial charge in [0.05, 0.1) is 39.4 Å². The Hall–Kier alpha value is -5.48. The molecule has 0 radical (unpaired) electrons. The van der Waals surface area contributed by atoms with E-state index in [4.69, 9.17) is 28.4 Å². The number of nitrogens with one attached hydrogen (secondary N) is 5. The SMILES string of the molecule is C.CNN(C)Cc1cc2ccccc2n1CCC(=O)N[C@@H](CC(=O)N[C@H]1O[C@@H](COC(C)=O)[C@H](OC(C)=O)[C@@H](OC(C)=O)[C@@H]1NC(C)=O)C(=O)NCCOCCOCCC(C)=O. The summed E-state index contributed by atoms with van der Waals surface area (Å²) in [5.41, 5.74) is 4.90. The first-order valence-corrected chi connectivity index (χ1v) is 19.9. The van der Waals surface area contributed by atoms with Crippen molar-refractivity contribution in [3.63, 3.8) is 0 Å². The molecule has 1 aliphatic rings. The number of aryl methyl sites for hydroxylation is 1. The van der Waals surface area contributed by atoms with E-state index in [-0.39, 0.29) is 65.6 Å². The molecule has 62 heavy (non-hydrogen) atoms. The van der Waals surface area contributed by atoms with Crippen LogP contribution in [-0.2, 0) is 79.9 Å². The van der Waals surface area contributed by atoms with Gasteiger partial charge in [-0.1, -0.05) is 25.6 Å². The van der Waals surface area contributed by atoms with Crippen molar-refractivity contribution < 1.29 is 66.8 Å². The fourth-order valence-corrected chi connectivity index (χ4v) is 6.44. The third-order valence-electron chi connectivity index (χ3n) is 9.22. The van der Waals surface area contributed by atoms with Crippen LogP contribution >= 0.6 is 0 Å². The summed E-state index contributed by atoms with van der Waals surface area (Å²) in [6.07, 6.45) is -6.03. The van der Waals surface area contributed by atoms with Gasteiger partial charge in [0.15, 0.2) is 18.4 Å². The molecule has 2 heterocycles. The first-order chi connectivity index (χ1) is 29.0. The Morgan fingerprint density at radius 2 is 1.48 bits per heavy atom. The van der Waals surface area contributed by atoms with Crippen LogP contribution in [0.5, 0.6) is 0 Å². The molecule has 21 nitrogen and oxygen atoms in total. The summed E-state index contributed by atoms with van der Waals surface area (Å²) in [6.45, 7) is 6.96. The molecule has 0 bridgehead atoms. The Bertz CT molecular complexity index is 1840. The molecule has 3 rings (SSSR count). The summed E-state index contributed by atoms with van der Waals surface area (Å²) >= 11 is 0. The van der Waals surface area contributed by atoms with E-state index in [1.165, 1.54) is 6.92 Å². The number of hydrazine groups is 1. The van der Waals surface area contributed by atoms with Crippen molar-refractivity contribution in [1.82, 2.24) is 36.3 Å². The highest BCUT2D eigenvalue weighted by Gasteiger charge is 2.51. The van der Waals surface area contributed by atoms with Crippen LogP contribution in [0.3, 0.4) is 0 Å². The number of fused-ring (bicyclic) bond motifs is 1. The molecule has 4 amide bonds. The molecule has 5 N–H and O–H groups in total. The molecule has 1 fully saturated rings. The minimum Gasteiger partial charge on any atom is -0.463 e. The molecular formula is C41H63N7O14. The van der Waals surface area contributed by atoms with Crippen LogP contribution in [0.1, 0.15) is 67.0 Å². The molecule has 0 saturated carbocycles. The highest BCUT2D eigenvalue weighted by Crippen LogP contribution is 2.27. The number of aromatic nitrogens is 1. The second-order valence-corrected chi connectivity index (χ2v) is 14.3. The van der Waals surface area contributed by atoms with E-state index >= 15 is 0 Å². The van der Waals surface area contributed by atoms with Gasteiger partial charge in [-0.15, -0.1) is 0 Å². The largest absolute Gasteiger partial charge is 0.463 e. The number of hydrogen-bond donors (Lipinski definition) is 5. The van der Waals surface area contributed by atoms with E-state index in [2.05, 4.69) is 26.7 Å². The van der Waals surface area contributed by atoms with E-state index in [1.54, 1.807) is 7.05 Å². The van der Waals surface area contributed by atoms with Gasteiger partial charge in [0.2, 0.25) is 23.6 Å². The fraction of sp³-hybridized carbons (Fsp3) is 0.610. The van der Waals surface area contributed by atoms with Gasteiger partial charge in [-0.2, -0.15) is 0 Å². The first kappa shape index (κ1) is 52.7. The van der Waals surface area contributed by atoms with E-state index in [0.29, 0.717) is 6.54 Å². The van der Waals surface area contributed by atoms with Gasteiger partial charge in [0.25, 0.3) is 0 Å². The summed E-state index contributed by atoms with van der Waals surface area (Å²) in [4.78, 5) is 101. The minimum atomic E-state index is -1.49. The molecule has 1 aromatic heterocycles. The molecule has 346 valence electrons. The van der Waals surface area contributed by atoms with Crippen LogP contribution in [0.15, 0.2) is 30.3 Å². The number of rotatable bonds is 25.